The molecule has 0 saturated carbocycles. The summed E-state index contributed by atoms with van der Waals surface area (Å²) in [6.07, 6.45) is 1.99. The summed E-state index contributed by atoms with van der Waals surface area (Å²) >= 11 is 5.88. The van der Waals surface area contributed by atoms with Crippen LogP contribution in [0.15, 0.2) is 24.3 Å². The van der Waals surface area contributed by atoms with Crippen LogP contribution in [0.4, 0.5) is 0 Å². The molecule has 0 amide bonds. The van der Waals surface area contributed by atoms with Gasteiger partial charge in [0.2, 0.25) is 0 Å². The highest BCUT2D eigenvalue weighted by molar-refractivity contribution is 6.60. The number of aryl methyl sites for hydroxylation is 1. The van der Waals surface area contributed by atoms with Crippen LogP contribution in [0.3, 0.4) is 0 Å². The second kappa shape index (κ2) is 10.4. The molecule has 0 heterocycles. The maximum absolute atomic E-state index is 5.88. The van der Waals surface area contributed by atoms with Crippen molar-refractivity contribution in [3.8, 4) is 0 Å². The lowest BCUT2D eigenvalue weighted by atomic mass is 10.1. The van der Waals surface area contributed by atoms with Crippen LogP contribution in [0.1, 0.15) is 38.3 Å². The fourth-order valence-corrected chi connectivity index (χ4v) is 5.16. The monoisotopic (exact) mass is 330 g/mol. The molecule has 21 heavy (non-hydrogen) atoms. The molecule has 1 rings (SSSR count). The zero-order valence-electron chi connectivity index (χ0n) is 13.4. The van der Waals surface area contributed by atoms with E-state index in [0.29, 0.717) is 25.7 Å². The van der Waals surface area contributed by atoms with Crippen molar-refractivity contribution in [2.75, 3.05) is 19.8 Å². The molecule has 5 heteroatoms. The van der Waals surface area contributed by atoms with Crippen LogP contribution in [-0.4, -0.2) is 28.6 Å². The van der Waals surface area contributed by atoms with E-state index in [-0.39, 0.29) is 0 Å². The molecule has 0 unspecified atom stereocenters. The zero-order valence-corrected chi connectivity index (χ0v) is 15.1. The summed E-state index contributed by atoms with van der Waals surface area (Å²) in [6.45, 7) is 7.87. The molecule has 3 nitrogen and oxygen atoms in total. The molecule has 0 spiro atoms. The molecule has 120 valence electrons. The van der Waals surface area contributed by atoms with Crippen LogP contribution >= 0.6 is 11.6 Å². The van der Waals surface area contributed by atoms with E-state index in [9.17, 15) is 0 Å². The Morgan fingerprint density at radius 1 is 0.952 bits per heavy atom. The molecule has 0 atom stereocenters. The normalized spacial score (nSPS) is 11.8. The summed E-state index contributed by atoms with van der Waals surface area (Å²) < 4.78 is 17.6. The Morgan fingerprint density at radius 3 is 2.05 bits per heavy atom. The second-order valence-electron chi connectivity index (χ2n) is 4.79. The Hall–Kier alpha value is -0.393. The van der Waals surface area contributed by atoms with Gasteiger partial charge in [0.1, 0.15) is 0 Å². The third-order valence-electron chi connectivity index (χ3n) is 3.19. The molecule has 0 aliphatic rings. The molecular formula is C16H27ClO3Si. The minimum Gasteiger partial charge on any atom is -0.374 e. The molecule has 0 aliphatic carbocycles. The highest BCUT2D eigenvalue weighted by Crippen LogP contribution is 2.20. The topological polar surface area (TPSA) is 27.7 Å². The van der Waals surface area contributed by atoms with Crippen molar-refractivity contribution in [3.63, 3.8) is 0 Å². The van der Waals surface area contributed by atoms with E-state index in [4.69, 9.17) is 24.9 Å². The fourth-order valence-electron chi connectivity index (χ4n) is 2.38. The van der Waals surface area contributed by atoms with Gasteiger partial charge in [0.25, 0.3) is 0 Å². The van der Waals surface area contributed by atoms with Gasteiger partial charge in [0, 0.05) is 31.7 Å². The summed E-state index contributed by atoms with van der Waals surface area (Å²) in [5, 5.41) is 0. The van der Waals surface area contributed by atoms with Gasteiger partial charge >= 0.3 is 8.80 Å². The number of rotatable bonds is 11. The third-order valence-corrected chi connectivity index (χ3v) is 6.65. The van der Waals surface area contributed by atoms with Crippen LogP contribution < -0.4 is 0 Å². The van der Waals surface area contributed by atoms with Gasteiger partial charge < -0.3 is 13.3 Å². The Morgan fingerprint density at radius 2 is 1.52 bits per heavy atom. The predicted octanol–water partition coefficient (Wildman–Crippen LogP) is 4.41. The minimum absolute atomic E-state index is 0.559. The molecule has 1 aromatic carbocycles. The van der Waals surface area contributed by atoms with Gasteiger partial charge in [-0.1, -0.05) is 24.3 Å². The Balaban J connectivity index is 2.58. The van der Waals surface area contributed by atoms with E-state index in [1.165, 1.54) is 5.56 Å². The van der Waals surface area contributed by atoms with Gasteiger partial charge in [-0.05, 0) is 44.7 Å². The fraction of sp³-hybridized carbons (Fsp3) is 0.625. The van der Waals surface area contributed by atoms with E-state index in [1.54, 1.807) is 0 Å². The Bertz CT molecular complexity index is 384. The summed E-state index contributed by atoms with van der Waals surface area (Å²) in [4.78, 5) is 0. The van der Waals surface area contributed by atoms with Crippen LogP contribution in [-0.2, 0) is 25.6 Å². The quantitative estimate of drug-likeness (QED) is 0.444. The summed E-state index contributed by atoms with van der Waals surface area (Å²) in [6, 6.07) is 9.27. The number of halogens is 1. The first kappa shape index (κ1) is 18.7. The summed E-state index contributed by atoms with van der Waals surface area (Å²) in [7, 11) is -2.50. The molecule has 0 radical (unpaired) electrons. The van der Waals surface area contributed by atoms with Crippen molar-refractivity contribution in [1.82, 2.24) is 0 Å². The minimum atomic E-state index is -2.50. The van der Waals surface area contributed by atoms with Crippen molar-refractivity contribution >= 4 is 20.4 Å². The molecule has 0 aromatic heterocycles. The Kier molecular flexibility index (Phi) is 9.20. The van der Waals surface area contributed by atoms with Crippen molar-refractivity contribution < 1.29 is 13.3 Å². The van der Waals surface area contributed by atoms with Gasteiger partial charge in [0.05, 0.1) is 0 Å². The average molecular weight is 331 g/mol. The van der Waals surface area contributed by atoms with Gasteiger partial charge in [-0.2, -0.15) is 0 Å². The van der Waals surface area contributed by atoms with Crippen molar-refractivity contribution in [2.24, 2.45) is 0 Å². The largest absolute Gasteiger partial charge is 0.500 e. The van der Waals surface area contributed by atoms with Crippen LogP contribution in [0.5, 0.6) is 0 Å². The van der Waals surface area contributed by atoms with Gasteiger partial charge in [-0.25, -0.2) is 0 Å². The SMILES string of the molecule is CCO[Si](CCCc1cccc(CCl)c1)(OCC)OCC. The van der Waals surface area contributed by atoms with E-state index < -0.39 is 8.80 Å². The highest BCUT2D eigenvalue weighted by atomic mass is 35.5. The molecule has 0 N–H and O–H groups in total. The molecule has 0 saturated heterocycles. The molecule has 0 bridgehead atoms. The summed E-state index contributed by atoms with van der Waals surface area (Å²) in [5.74, 6) is 0.559. The van der Waals surface area contributed by atoms with Crippen molar-refractivity contribution in [1.29, 1.82) is 0 Å². The van der Waals surface area contributed by atoms with E-state index in [2.05, 4.69) is 24.3 Å². The maximum atomic E-state index is 5.88. The highest BCUT2D eigenvalue weighted by Gasteiger charge is 2.39. The lowest BCUT2D eigenvalue weighted by Gasteiger charge is -2.28. The first-order valence-corrected chi connectivity index (χ1v) is 10.2. The van der Waals surface area contributed by atoms with Gasteiger partial charge in [-0.3, -0.25) is 0 Å². The summed E-state index contributed by atoms with van der Waals surface area (Å²) in [5.41, 5.74) is 2.47. The van der Waals surface area contributed by atoms with Crippen molar-refractivity contribution in [3.05, 3.63) is 35.4 Å². The Labute approximate surface area is 134 Å². The molecule has 1 aromatic rings. The molecule has 0 aliphatic heterocycles. The first-order valence-electron chi connectivity index (χ1n) is 7.75. The van der Waals surface area contributed by atoms with Crippen LogP contribution in [0, 0.1) is 0 Å². The zero-order chi connectivity index (χ0) is 15.6. The second-order valence-corrected chi connectivity index (χ2v) is 7.79. The number of alkyl halides is 1. The first-order chi connectivity index (χ1) is 10.2. The number of hydrogen-bond donors (Lipinski definition) is 0. The maximum Gasteiger partial charge on any atom is 0.500 e. The molecular weight excluding hydrogens is 304 g/mol. The van der Waals surface area contributed by atoms with E-state index >= 15 is 0 Å². The van der Waals surface area contributed by atoms with Gasteiger partial charge in [0.15, 0.2) is 0 Å². The van der Waals surface area contributed by atoms with Gasteiger partial charge in [-0.15, -0.1) is 11.6 Å². The lowest BCUT2D eigenvalue weighted by molar-refractivity contribution is 0.0708. The molecule has 0 fully saturated rings. The van der Waals surface area contributed by atoms with Crippen LogP contribution in [0.2, 0.25) is 6.04 Å². The van der Waals surface area contributed by atoms with Crippen LogP contribution in [0.25, 0.3) is 0 Å². The van der Waals surface area contributed by atoms with E-state index in [1.807, 2.05) is 20.8 Å². The predicted molar refractivity (Wildman–Crippen MR) is 89.8 cm³/mol. The lowest BCUT2D eigenvalue weighted by Crippen LogP contribution is -2.46. The average Bonchev–Trinajstić information content (AvgIpc) is 2.48. The number of hydrogen-bond acceptors (Lipinski definition) is 3. The smallest absolute Gasteiger partial charge is 0.374 e. The standard InChI is InChI=1S/C16H27ClO3Si/c1-4-18-21(19-5-2,20-6-3)12-8-11-15-9-7-10-16(13-15)14-17/h7,9-10,13H,4-6,8,11-12,14H2,1-3H3. The number of benzene rings is 1. The van der Waals surface area contributed by atoms with Crippen molar-refractivity contribution in [2.45, 2.75) is 45.5 Å². The third kappa shape index (κ3) is 6.49. The van der Waals surface area contributed by atoms with E-state index in [0.717, 1.165) is 24.4 Å².